The highest BCUT2D eigenvalue weighted by atomic mass is 32.2. The molecule has 0 atom stereocenters. The molecule has 0 saturated heterocycles. The predicted molar refractivity (Wildman–Crippen MR) is 104 cm³/mol. The molecule has 136 valence electrons. The Hall–Kier alpha value is -3.06. The van der Waals surface area contributed by atoms with Gasteiger partial charge in [-0.1, -0.05) is 12.1 Å². The molecule has 1 aromatic carbocycles. The quantitative estimate of drug-likeness (QED) is 0.542. The Kier molecular flexibility index (Phi) is 4.24. The number of nitrogens with zero attached hydrogens (tertiary/aromatic N) is 4. The largest absolute Gasteiger partial charge is 0.299 e. The highest BCUT2D eigenvalue weighted by Gasteiger charge is 2.19. The van der Waals surface area contributed by atoms with Gasteiger partial charge in [-0.15, -0.1) is 0 Å². The second kappa shape index (κ2) is 6.59. The van der Waals surface area contributed by atoms with Crippen molar-refractivity contribution in [2.24, 2.45) is 0 Å². The number of benzene rings is 1. The Bertz CT molecular complexity index is 1200. The molecular formula is C20H18N4O2S. The molecule has 0 saturated carbocycles. The third kappa shape index (κ3) is 3.10. The van der Waals surface area contributed by atoms with Crippen LogP contribution in [0.3, 0.4) is 0 Å². The number of sulfone groups is 1. The fraction of sp³-hybridized carbons (Fsp3) is 0.150. The molecule has 0 spiro atoms. The highest BCUT2D eigenvalue weighted by molar-refractivity contribution is 7.92. The van der Waals surface area contributed by atoms with Crippen molar-refractivity contribution in [1.29, 1.82) is 0 Å². The van der Waals surface area contributed by atoms with Crippen molar-refractivity contribution in [2.45, 2.75) is 24.0 Å². The summed E-state index contributed by atoms with van der Waals surface area (Å²) in [7, 11) is -3.28. The van der Waals surface area contributed by atoms with E-state index in [1.807, 2.05) is 34.9 Å². The standard InChI is InChI=1S/C20H18N4O2S/c1-14(2)27(25,26)18-6-3-15(4-7-18)19-11-23-20-8-5-16(12-24(19)20)17-9-21-13-22-10-17/h3-14H,1-2H3. The summed E-state index contributed by atoms with van der Waals surface area (Å²) < 4.78 is 26.6. The lowest BCUT2D eigenvalue weighted by Gasteiger charge is -2.09. The molecule has 0 aliphatic rings. The average Bonchev–Trinajstić information content (AvgIpc) is 3.12. The van der Waals surface area contributed by atoms with E-state index in [4.69, 9.17) is 0 Å². The van der Waals surface area contributed by atoms with Crippen molar-refractivity contribution in [3.8, 4) is 22.4 Å². The van der Waals surface area contributed by atoms with Gasteiger partial charge >= 0.3 is 0 Å². The molecule has 27 heavy (non-hydrogen) atoms. The zero-order valence-electron chi connectivity index (χ0n) is 14.9. The molecule has 6 nitrogen and oxygen atoms in total. The lowest BCUT2D eigenvalue weighted by molar-refractivity contribution is 0.587. The van der Waals surface area contributed by atoms with E-state index in [1.165, 1.54) is 6.33 Å². The second-order valence-electron chi connectivity index (χ2n) is 6.53. The van der Waals surface area contributed by atoms with Gasteiger partial charge in [-0.25, -0.2) is 23.4 Å². The van der Waals surface area contributed by atoms with Gasteiger partial charge in [-0.3, -0.25) is 4.40 Å². The minimum Gasteiger partial charge on any atom is -0.299 e. The number of aromatic nitrogens is 4. The van der Waals surface area contributed by atoms with E-state index in [9.17, 15) is 8.42 Å². The zero-order chi connectivity index (χ0) is 19.0. The first kappa shape index (κ1) is 17.4. The van der Waals surface area contributed by atoms with Crippen LogP contribution in [0, 0.1) is 0 Å². The van der Waals surface area contributed by atoms with Crippen molar-refractivity contribution in [3.63, 3.8) is 0 Å². The van der Waals surface area contributed by atoms with Crippen LogP contribution in [0.1, 0.15) is 13.8 Å². The molecule has 0 fully saturated rings. The van der Waals surface area contributed by atoms with E-state index in [-0.39, 0.29) is 0 Å². The van der Waals surface area contributed by atoms with E-state index >= 15 is 0 Å². The van der Waals surface area contributed by atoms with Crippen LogP contribution in [0.15, 0.2) is 72.4 Å². The Morgan fingerprint density at radius 1 is 0.852 bits per heavy atom. The lowest BCUT2D eigenvalue weighted by atomic mass is 10.1. The fourth-order valence-electron chi connectivity index (χ4n) is 2.90. The first-order valence-electron chi connectivity index (χ1n) is 8.53. The maximum Gasteiger partial charge on any atom is 0.180 e. The monoisotopic (exact) mass is 378 g/mol. The maximum atomic E-state index is 12.3. The van der Waals surface area contributed by atoms with Gasteiger partial charge in [-0.05, 0) is 38.1 Å². The molecular weight excluding hydrogens is 360 g/mol. The minimum atomic E-state index is -3.28. The van der Waals surface area contributed by atoms with Gasteiger partial charge in [-0.2, -0.15) is 0 Å². The van der Waals surface area contributed by atoms with Crippen molar-refractivity contribution in [2.75, 3.05) is 0 Å². The first-order chi connectivity index (χ1) is 13.0. The van der Waals surface area contributed by atoms with Crippen LogP contribution in [-0.2, 0) is 9.84 Å². The van der Waals surface area contributed by atoms with Gasteiger partial charge in [0.15, 0.2) is 9.84 Å². The summed E-state index contributed by atoms with van der Waals surface area (Å²) in [6.07, 6.45) is 8.78. The SMILES string of the molecule is CC(C)S(=O)(=O)c1ccc(-c2cnc3ccc(-c4cncnc4)cn23)cc1. The van der Waals surface area contributed by atoms with Crippen LogP contribution in [0.4, 0.5) is 0 Å². The van der Waals surface area contributed by atoms with E-state index in [2.05, 4.69) is 15.0 Å². The second-order valence-corrected chi connectivity index (χ2v) is 9.04. The van der Waals surface area contributed by atoms with Gasteiger partial charge in [0, 0.05) is 35.3 Å². The number of imidazole rings is 1. The summed E-state index contributed by atoms with van der Waals surface area (Å²) >= 11 is 0. The van der Waals surface area contributed by atoms with Crippen LogP contribution < -0.4 is 0 Å². The van der Waals surface area contributed by atoms with Crippen LogP contribution in [0.2, 0.25) is 0 Å². The third-order valence-electron chi connectivity index (χ3n) is 4.50. The van der Waals surface area contributed by atoms with E-state index in [0.717, 1.165) is 28.0 Å². The minimum absolute atomic E-state index is 0.331. The summed E-state index contributed by atoms with van der Waals surface area (Å²) in [6.45, 7) is 3.37. The Labute approximate surface area is 157 Å². The van der Waals surface area contributed by atoms with Gasteiger partial charge in [0.25, 0.3) is 0 Å². The molecule has 0 radical (unpaired) electrons. The van der Waals surface area contributed by atoms with E-state index in [1.54, 1.807) is 44.6 Å². The van der Waals surface area contributed by atoms with Crippen molar-refractivity contribution < 1.29 is 8.42 Å². The van der Waals surface area contributed by atoms with Gasteiger partial charge in [0.2, 0.25) is 0 Å². The van der Waals surface area contributed by atoms with Crippen LogP contribution >= 0.6 is 0 Å². The average molecular weight is 378 g/mol. The smallest absolute Gasteiger partial charge is 0.180 e. The topological polar surface area (TPSA) is 77.2 Å². The van der Waals surface area contributed by atoms with E-state index < -0.39 is 15.1 Å². The predicted octanol–water partition coefficient (Wildman–Crippen LogP) is 3.64. The summed E-state index contributed by atoms with van der Waals surface area (Å²) in [4.78, 5) is 12.9. The maximum absolute atomic E-state index is 12.3. The summed E-state index contributed by atoms with van der Waals surface area (Å²) in [5.41, 5.74) is 4.48. The Balaban J connectivity index is 1.78. The molecule has 0 amide bonds. The number of hydrogen-bond donors (Lipinski definition) is 0. The van der Waals surface area contributed by atoms with Crippen molar-refractivity contribution >= 4 is 15.5 Å². The molecule has 0 N–H and O–H groups in total. The van der Waals surface area contributed by atoms with Crippen LogP contribution in [-0.4, -0.2) is 33.0 Å². The summed E-state index contributed by atoms with van der Waals surface area (Å²) in [5, 5.41) is -0.449. The highest BCUT2D eigenvalue weighted by Crippen LogP contribution is 2.26. The molecule has 0 aliphatic carbocycles. The number of rotatable bonds is 4. The molecule has 0 bridgehead atoms. The lowest BCUT2D eigenvalue weighted by Crippen LogP contribution is -2.13. The zero-order valence-corrected chi connectivity index (χ0v) is 15.8. The Morgan fingerprint density at radius 2 is 1.52 bits per heavy atom. The normalized spacial score (nSPS) is 12.0. The fourth-order valence-corrected chi connectivity index (χ4v) is 3.96. The molecule has 3 heterocycles. The van der Waals surface area contributed by atoms with Crippen LogP contribution in [0.5, 0.6) is 0 Å². The van der Waals surface area contributed by atoms with Gasteiger partial charge < -0.3 is 0 Å². The van der Waals surface area contributed by atoms with Gasteiger partial charge in [0.1, 0.15) is 12.0 Å². The third-order valence-corrected chi connectivity index (χ3v) is 6.67. The molecule has 7 heteroatoms. The first-order valence-corrected chi connectivity index (χ1v) is 10.1. The van der Waals surface area contributed by atoms with Gasteiger partial charge in [0.05, 0.1) is 22.0 Å². The molecule has 0 aliphatic heterocycles. The van der Waals surface area contributed by atoms with Crippen LogP contribution in [0.25, 0.3) is 28.0 Å². The van der Waals surface area contributed by atoms with E-state index in [0.29, 0.717) is 4.90 Å². The number of hydrogen-bond acceptors (Lipinski definition) is 5. The number of fused-ring (bicyclic) bond motifs is 1. The molecule has 0 unspecified atom stereocenters. The molecule has 3 aromatic heterocycles. The Morgan fingerprint density at radius 3 is 2.19 bits per heavy atom. The summed E-state index contributed by atoms with van der Waals surface area (Å²) in [6, 6.07) is 10.8. The number of pyridine rings is 1. The van der Waals surface area contributed by atoms with Crippen molar-refractivity contribution in [3.05, 3.63) is 67.5 Å². The molecule has 4 rings (SSSR count). The summed E-state index contributed by atoms with van der Waals surface area (Å²) in [5.74, 6) is 0. The van der Waals surface area contributed by atoms with Crippen molar-refractivity contribution in [1.82, 2.24) is 19.4 Å². The molecule has 4 aromatic rings.